The minimum atomic E-state index is 0.111. The molecule has 102 valence electrons. The molecule has 1 heterocycles. The maximum absolute atomic E-state index is 11.7. The second-order valence-corrected chi connectivity index (χ2v) is 4.88. The molecule has 2 aromatic rings. The number of nitrogens with two attached hydrogens (primary N) is 1. The lowest BCUT2D eigenvalue weighted by molar-refractivity contribution is -0.129. The number of H-pyrrole nitrogens is 1. The normalized spacial score (nSPS) is 10.9. The minimum absolute atomic E-state index is 0.111. The summed E-state index contributed by atoms with van der Waals surface area (Å²) in [4.78, 5) is 16.8. The number of likely N-dealkylation sites (N-methyl/N-ethyl adjacent to an activating group) is 1. The first-order valence-electron chi connectivity index (χ1n) is 6.63. The number of amides is 1. The van der Waals surface area contributed by atoms with Crippen LogP contribution in [0.5, 0.6) is 0 Å². The zero-order valence-electron chi connectivity index (χ0n) is 11.6. The first-order valence-corrected chi connectivity index (χ1v) is 6.63. The molecule has 0 bridgehead atoms. The van der Waals surface area contributed by atoms with Gasteiger partial charge in [0.1, 0.15) is 0 Å². The quantitative estimate of drug-likeness (QED) is 0.860. The number of aromatic nitrogens is 1. The number of fused-ring (bicyclic) bond motifs is 1. The van der Waals surface area contributed by atoms with Crippen LogP contribution in [0.15, 0.2) is 24.3 Å². The van der Waals surface area contributed by atoms with Gasteiger partial charge in [-0.1, -0.05) is 18.2 Å². The van der Waals surface area contributed by atoms with E-state index in [2.05, 4.69) is 24.0 Å². The molecule has 1 amide bonds. The largest absolute Gasteiger partial charge is 0.358 e. The van der Waals surface area contributed by atoms with Gasteiger partial charge in [-0.2, -0.15) is 0 Å². The summed E-state index contributed by atoms with van der Waals surface area (Å²) in [7, 11) is 1.84. The van der Waals surface area contributed by atoms with E-state index in [1.165, 1.54) is 16.6 Å². The number of aromatic amines is 1. The van der Waals surface area contributed by atoms with Gasteiger partial charge in [-0.15, -0.1) is 0 Å². The zero-order valence-corrected chi connectivity index (χ0v) is 11.6. The van der Waals surface area contributed by atoms with Crippen LogP contribution in [0.25, 0.3) is 10.9 Å². The molecule has 0 radical (unpaired) electrons. The van der Waals surface area contributed by atoms with Crippen molar-refractivity contribution in [1.82, 2.24) is 9.88 Å². The predicted octanol–water partition coefficient (Wildman–Crippen LogP) is 1.83. The highest BCUT2D eigenvalue weighted by Crippen LogP contribution is 2.22. The minimum Gasteiger partial charge on any atom is -0.358 e. The number of nitrogens with zero attached hydrogens (tertiary/aromatic N) is 1. The number of benzene rings is 1. The van der Waals surface area contributed by atoms with Gasteiger partial charge in [0, 0.05) is 43.2 Å². The fraction of sp³-hybridized carbons (Fsp3) is 0.400. The van der Waals surface area contributed by atoms with Crippen molar-refractivity contribution in [3.63, 3.8) is 0 Å². The summed E-state index contributed by atoms with van der Waals surface area (Å²) < 4.78 is 0. The van der Waals surface area contributed by atoms with Crippen LogP contribution in [0.2, 0.25) is 0 Å². The van der Waals surface area contributed by atoms with Crippen LogP contribution >= 0.6 is 0 Å². The van der Waals surface area contributed by atoms with Crippen LogP contribution < -0.4 is 5.73 Å². The molecule has 4 nitrogen and oxygen atoms in total. The average Bonchev–Trinajstić information content (AvgIpc) is 2.72. The summed E-state index contributed by atoms with van der Waals surface area (Å²) in [5.41, 5.74) is 9.04. The molecule has 19 heavy (non-hydrogen) atoms. The van der Waals surface area contributed by atoms with Gasteiger partial charge in [0.2, 0.25) is 5.91 Å². The van der Waals surface area contributed by atoms with Gasteiger partial charge in [-0.3, -0.25) is 4.79 Å². The lowest BCUT2D eigenvalue weighted by atomic mass is 10.1. The first-order chi connectivity index (χ1) is 9.13. The van der Waals surface area contributed by atoms with Gasteiger partial charge in [-0.25, -0.2) is 0 Å². The van der Waals surface area contributed by atoms with E-state index in [1.54, 1.807) is 4.90 Å². The molecule has 0 fully saturated rings. The van der Waals surface area contributed by atoms with Crippen molar-refractivity contribution in [2.75, 3.05) is 20.1 Å². The van der Waals surface area contributed by atoms with E-state index in [-0.39, 0.29) is 5.91 Å². The van der Waals surface area contributed by atoms with Crippen LogP contribution in [0.3, 0.4) is 0 Å². The molecule has 1 aromatic carbocycles. The Balaban J connectivity index is 2.09. The van der Waals surface area contributed by atoms with E-state index < -0.39 is 0 Å². The molecule has 0 saturated carbocycles. The Kier molecular flexibility index (Phi) is 4.22. The molecule has 0 aliphatic carbocycles. The molecule has 1 aromatic heterocycles. The molecule has 0 aliphatic heterocycles. The Morgan fingerprint density at radius 2 is 2.11 bits per heavy atom. The van der Waals surface area contributed by atoms with Crippen molar-refractivity contribution in [1.29, 1.82) is 0 Å². The smallest absolute Gasteiger partial charge is 0.223 e. The van der Waals surface area contributed by atoms with Crippen molar-refractivity contribution in [3.8, 4) is 0 Å². The number of hydrogen-bond donors (Lipinski definition) is 2. The molecule has 4 heteroatoms. The van der Waals surface area contributed by atoms with Crippen molar-refractivity contribution >= 4 is 16.8 Å². The fourth-order valence-electron chi connectivity index (χ4n) is 2.38. The summed E-state index contributed by atoms with van der Waals surface area (Å²) in [6, 6.07) is 8.27. The number of carbonyl (C=O) groups excluding carboxylic acids is 1. The topological polar surface area (TPSA) is 62.1 Å². The molecule has 2 rings (SSSR count). The number of aryl methyl sites for hydroxylation is 1. The van der Waals surface area contributed by atoms with E-state index in [4.69, 9.17) is 5.73 Å². The van der Waals surface area contributed by atoms with Gasteiger partial charge >= 0.3 is 0 Å². The van der Waals surface area contributed by atoms with E-state index >= 15 is 0 Å². The number of nitrogens with one attached hydrogen (secondary N) is 1. The third kappa shape index (κ3) is 2.96. The highest BCUT2D eigenvalue weighted by atomic mass is 16.2. The monoisotopic (exact) mass is 259 g/mol. The van der Waals surface area contributed by atoms with Crippen LogP contribution in [-0.2, 0) is 11.2 Å². The molecule has 0 spiro atoms. The predicted molar refractivity (Wildman–Crippen MR) is 78.0 cm³/mol. The molecule has 0 atom stereocenters. The van der Waals surface area contributed by atoms with Crippen molar-refractivity contribution in [2.45, 2.75) is 19.8 Å². The number of rotatable bonds is 5. The molecular formula is C15H21N3O. The Bertz CT molecular complexity index is 574. The summed E-state index contributed by atoms with van der Waals surface area (Å²) in [6.45, 7) is 3.22. The lowest BCUT2D eigenvalue weighted by Gasteiger charge is -2.16. The zero-order chi connectivity index (χ0) is 13.8. The molecule has 0 unspecified atom stereocenters. The summed E-state index contributed by atoms with van der Waals surface area (Å²) in [5, 5.41) is 1.25. The second kappa shape index (κ2) is 5.89. The van der Waals surface area contributed by atoms with Crippen molar-refractivity contribution in [3.05, 3.63) is 35.5 Å². The van der Waals surface area contributed by atoms with Crippen LogP contribution in [0.1, 0.15) is 17.7 Å². The van der Waals surface area contributed by atoms with Crippen LogP contribution in [0.4, 0.5) is 0 Å². The van der Waals surface area contributed by atoms with Crippen molar-refractivity contribution in [2.24, 2.45) is 5.73 Å². The van der Waals surface area contributed by atoms with E-state index in [1.807, 2.05) is 19.2 Å². The Morgan fingerprint density at radius 1 is 1.37 bits per heavy atom. The third-order valence-electron chi connectivity index (χ3n) is 3.51. The highest BCUT2D eigenvalue weighted by molar-refractivity contribution is 5.84. The van der Waals surface area contributed by atoms with Crippen LogP contribution in [0, 0.1) is 6.92 Å². The summed E-state index contributed by atoms with van der Waals surface area (Å²) in [6.07, 6.45) is 1.28. The van der Waals surface area contributed by atoms with E-state index in [9.17, 15) is 4.79 Å². The van der Waals surface area contributed by atoms with E-state index in [0.29, 0.717) is 13.0 Å². The van der Waals surface area contributed by atoms with Gasteiger partial charge in [0.05, 0.1) is 0 Å². The third-order valence-corrected chi connectivity index (χ3v) is 3.51. The molecule has 3 N–H and O–H groups in total. The maximum Gasteiger partial charge on any atom is 0.223 e. The van der Waals surface area contributed by atoms with Gasteiger partial charge < -0.3 is 15.6 Å². The van der Waals surface area contributed by atoms with Crippen LogP contribution in [-0.4, -0.2) is 35.9 Å². The molecule has 0 aliphatic rings. The molecular weight excluding hydrogens is 238 g/mol. The average molecular weight is 259 g/mol. The van der Waals surface area contributed by atoms with Gasteiger partial charge in [0.25, 0.3) is 0 Å². The highest BCUT2D eigenvalue weighted by Gasteiger charge is 2.11. The molecule has 0 saturated heterocycles. The summed E-state index contributed by atoms with van der Waals surface area (Å²) in [5.74, 6) is 0.111. The standard InChI is InChI=1S/C15H21N3O/c1-11-12(8-10-18(2)15(19)7-9-16)13-5-3-4-6-14(13)17-11/h3-6,17H,7-10,16H2,1-2H3. The number of carbonyl (C=O) groups is 1. The van der Waals surface area contributed by atoms with Crippen molar-refractivity contribution < 1.29 is 4.79 Å². The van der Waals surface area contributed by atoms with Gasteiger partial charge in [0.15, 0.2) is 0 Å². The Morgan fingerprint density at radius 3 is 2.84 bits per heavy atom. The SMILES string of the molecule is Cc1[nH]c2ccccc2c1CCN(C)C(=O)CCN. The Hall–Kier alpha value is -1.81. The van der Waals surface area contributed by atoms with E-state index in [0.717, 1.165) is 18.5 Å². The fourth-order valence-corrected chi connectivity index (χ4v) is 2.38. The Labute approximate surface area is 113 Å². The lowest BCUT2D eigenvalue weighted by Crippen LogP contribution is -2.30. The number of para-hydroxylation sites is 1. The van der Waals surface area contributed by atoms with Gasteiger partial charge in [-0.05, 0) is 25.0 Å². The summed E-state index contributed by atoms with van der Waals surface area (Å²) >= 11 is 0. The first kappa shape index (κ1) is 13.6. The second-order valence-electron chi connectivity index (χ2n) is 4.88. The number of hydrogen-bond acceptors (Lipinski definition) is 2. The maximum atomic E-state index is 11.7.